The van der Waals surface area contributed by atoms with Crippen molar-refractivity contribution in [2.75, 3.05) is 0 Å². The molecule has 0 radical (unpaired) electrons. The lowest BCUT2D eigenvalue weighted by Crippen LogP contribution is -1.96. The number of nitrogens with zero attached hydrogens (tertiary/aromatic N) is 3. The van der Waals surface area contributed by atoms with Crippen LogP contribution < -0.4 is 0 Å². The summed E-state index contributed by atoms with van der Waals surface area (Å²) in [7, 11) is 0. The van der Waals surface area contributed by atoms with Gasteiger partial charge in [-0.15, -0.1) is 0 Å². The van der Waals surface area contributed by atoms with Crippen LogP contribution in [0.2, 0.25) is 0 Å². The maximum absolute atomic E-state index is 11.3. The van der Waals surface area contributed by atoms with Crippen molar-refractivity contribution < 1.29 is 9.72 Å². The Morgan fingerprint density at radius 1 is 1.08 bits per heavy atom. The molecule has 6 nitrogen and oxygen atoms in total. The summed E-state index contributed by atoms with van der Waals surface area (Å²) in [6.07, 6.45) is 0.581. The van der Waals surface area contributed by atoms with E-state index in [0.29, 0.717) is 16.3 Å². The Hall–Kier alpha value is -3.06. The number of carbonyl (C=O) groups excluding carboxylic acids is 1. The first-order chi connectivity index (χ1) is 12.1. The third-order valence-corrected chi connectivity index (χ3v) is 4.35. The van der Waals surface area contributed by atoms with E-state index in [2.05, 4.69) is 9.97 Å². The quantitative estimate of drug-likeness (QED) is 0.294. The highest BCUT2D eigenvalue weighted by Gasteiger charge is 2.17. The highest BCUT2D eigenvalue weighted by molar-refractivity contribution is 7.99. The second-order valence-electron chi connectivity index (χ2n) is 5.25. The van der Waals surface area contributed by atoms with E-state index in [4.69, 9.17) is 0 Å². The summed E-state index contributed by atoms with van der Waals surface area (Å²) in [5.74, 6) is 0. The summed E-state index contributed by atoms with van der Waals surface area (Å²) in [6.45, 7) is 1.85. The molecule has 3 aromatic rings. The molecule has 1 heterocycles. The second-order valence-corrected chi connectivity index (χ2v) is 6.26. The Balaban J connectivity index is 2.00. The van der Waals surface area contributed by atoms with Crippen LogP contribution in [0.15, 0.2) is 64.6 Å². The Morgan fingerprint density at radius 2 is 1.84 bits per heavy atom. The largest absolute Gasteiger partial charge is 0.298 e. The minimum absolute atomic E-state index is 0.138. The first-order valence-electron chi connectivity index (χ1n) is 7.39. The van der Waals surface area contributed by atoms with E-state index in [9.17, 15) is 14.9 Å². The highest BCUT2D eigenvalue weighted by Crippen LogP contribution is 2.34. The van der Waals surface area contributed by atoms with Crippen molar-refractivity contribution in [3.8, 4) is 11.3 Å². The molecule has 2 aromatic carbocycles. The van der Waals surface area contributed by atoms with Gasteiger partial charge < -0.3 is 0 Å². The minimum Gasteiger partial charge on any atom is -0.298 e. The van der Waals surface area contributed by atoms with Gasteiger partial charge in [0, 0.05) is 22.9 Å². The van der Waals surface area contributed by atoms with Crippen molar-refractivity contribution in [3.05, 3.63) is 76.0 Å². The molecular formula is C18H13N3O3S. The topological polar surface area (TPSA) is 86.0 Å². The Labute approximate surface area is 148 Å². The molecule has 1 aromatic heterocycles. The van der Waals surface area contributed by atoms with Crippen molar-refractivity contribution in [1.82, 2.24) is 9.97 Å². The first-order valence-corrected chi connectivity index (χ1v) is 8.21. The molecule has 124 valence electrons. The number of benzene rings is 2. The zero-order valence-electron chi connectivity index (χ0n) is 13.2. The number of rotatable bonds is 5. The van der Waals surface area contributed by atoms with Gasteiger partial charge in [0.1, 0.15) is 6.29 Å². The summed E-state index contributed by atoms with van der Waals surface area (Å²) in [4.78, 5) is 30.9. The maximum atomic E-state index is 11.3. The zero-order valence-corrected chi connectivity index (χ0v) is 14.1. The molecule has 0 fully saturated rings. The van der Waals surface area contributed by atoms with Crippen LogP contribution in [0.1, 0.15) is 16.1 Å². The average molecular weight is 351 g/mol. The first kappa shape index (κ1) is 16.8. The van der Waals surface area contributed by atoms with E-state index in [-0.39, 0.29) is 11.3 Å². The molecular weight excluding hydrogens is 338 g/mol. The van der Waals surface area contributed by atoms with Crippen LogP contribution in [0.5, 0.6) is 0 Å². The van der Waals surface area contributed by atoms with Crippen LogP contribution in [0.25, 0.3) is 11.3 Å². The fourth-order valence-electron chi connectivity index (χ4n) is 2.28. The summed E-state index contributed by atoms with van der Waals surface area (Å²) >= 11 is 1.10. The molecule has 0 saturated carbocycles. The van der Waals surface area contributed by atoms with Gasteiger partial charge in [0.05, 0.1) is 15.5 Å². The summed E-state index contributed by atoms with van der Waals surface area (Å²) in [5.41, 5.74) is 2.58. The number of nitro groups is 1. The van der Waals surface area contributed by atoms with Crippen molar-refractivity contribution >= 4 is 23.7 Å². The van der Waals surface area contributed by atoms with Crippen LogP contribution >= 0.6 is 11.8 Å². The lowest BCUT2D eigenvalue weighted by molar-refractivity contribution is -0.387. The third-order valence-electron chi connectivity index (χ3n) is 3.42. The predicted molar refractivity (Wildman–Crippen MR) is 94.8 cm³/mol. The standard InChI is InChI=1S/C18H13N3O3S/c1-12-9-15(14-5-3-2-4-6-14)20-18(19-12)25-17-8-7-13(11-22)10-16(17)21(23)24/h2-11H,1H3. The SMILES string of the molecule is Cc1cc(-c2ccccc2)nc(Sc2ccc(C=O)cc2[N+](=O)[O-])n1. The number of aryl methyl sites for hydroxylation is 1. The number of hydrogen-bond acceptors (Lipinski definition) is 6. The van der Waals surface area contributed by atoms with E-state index in [1.54, 1.807) is 6.07 Å². The Kier molecular flexibility index (Phi) is 4.85. The normalized spacial score (nSPS) is 10.4. The van der Waals surface area contributed by atoms with Crippen molar-refractivity contribution in [2.45, 2.75) is 17.0 Å². The highest BCUT2D eigenvalue weighted by atomic mass is 32.2. The van der Waals surface area contributed by atoms with E-state index in [1.807, 2.05) is 43.3 Å². The van der Waals surface area contributed by atoms with Gasteiger partial charge in [-0.1, -0.05) is 36.4 Å². The van der Waals surface area contributed by atoms with Crippen molar-refractivity contribution in [2.24, 2.45) is 0 Å². The average Bonchev–Trinajstić information content (AvgIpc) is 2.62. The fraction of sp³-hybridized carbons (Fsp3) is 0.0556. The van der Waals surface area contributed by atoms with Crippen LogP contribution in [0.3, 0.4) is 0 Å². The van der Waals surface area contributed by atoms with E-state index < -0.39 is 4.92 Å². The van der Waals surface area contributed by atoms with Crippen LogP contribution in [0, 0.1) is 17.0 Å². The molecule has 0 spiro atoms. The maximum Gasteiger partial charge on any atom is 0.284 e. The number of aromatic nitrogens is 2. The molecule has 0 N–H and O–H groups in total. The van der Waals surface area contributed by atoms with Crippen LogP contribution in [-0.2, 0) is 0 Å². The number of hydrogen-bond donors (Lipinski definition) is 0. The minimum atomic E-state index is -0.511. The smallest absolute Gasteiger partial charge is 0.284 e. The van der Waals surface area contributed by atoms with Gasteiger partial charge in [-0.3, -0.25) is 14.9 Å². The molecule has 0 aliphatic carbocycles. The van der Waals surface area contributed by atoms with Gasteiger partial charge in [-0.05, 0) is 30.8 Å². The van der Waals surface area contributed by atoms with Crippen LogP contribution in [0.4, 0.5) is 5.69 Å². The monoisotopic (exact) mass is 351 g/mol. The van der Waals surface area contributed by atoms with Crippen LogP contribution in [-0.4, -0.2) is 21.2 Å². The molecule has 3 rings (SSSR count). The molecule has 0 aliphatic heterocycles. The molecule has 0 unspecified atom stereocenters. The van der Waals surface area contributed by atoms with E-state index >= 15 is 0 Å². The number of carbonyl (C=O) groups is 1. The van der Waals surface area contributed by atoms with Gasteiger partial charge in [0.15, 0.2) is 5.16 Å². The predicted octanol–water partition coefficient (Wildman–Crippen LogP) is 4.32. The molecule has 0 bridgehead atoms. The van der Waals surface area contributed by atoms with Gasteiger partial charge in [0.25, 0.3) is 5.69 Å². The van der Waals surface area contributed by atoms with E-state index in [0.717, 1.165) is 28.7 Å². The summed E-state index contributed by atoms with van der Waals surface area (Å²) in [6, 6.07) is 15.8. The number of nitro benzene ring substituents is 1. The summed E-state index contributed by atoms with van der Waals surface area (Å²) < 4.78 is 0. The van der Waals surface area contributed by atoms with E-state index in [1.165, 1.54) is 12.1 Å². The molecule has 0 amide bonds. The molecule has 25 heavy (non-hydrogen) atoms. The third kappa shape index (κ3) is 3.89. The zero-order chi connectivity index (χ0) is 17.8. The molecule has 0 atom stereocenters. The molecule has 0 saturated heterocycles. The molecule has 0 aliphatic rings. The van der Waals surface area contributed by atoms with Gasteiger partial charge in [0.2, 0.25) is 0 Å². The van der Waals surface area contributed by atoms with Gasteiger partial charge in [-0.2, -0.15) is 0 Å². The van der Waals surface area contributed by atoms with Gasteiger partial charge in [-0.25, -0.2) is 9.97 Å². The lowest BCUT2D eigenvalue weighted by Gasteiger charge is -2.07. The van der Waals surface area contributed by atoms with Gasteiger partial charge >= 0.3 is 0 Å². The fourth-order valence-corrected chi connectivity index (χ4v) is 3.18. The van der Waals surface area contributed by atoms with Crippen molar-refractivity contribution in [1.29, 1.82) is 0 Å². The second kappa shape index (κ2) is 7.23. The Morgan fingerprint density at radius 3 is 2.52 bits per heavy atom. The molecule has 7 heteroatoms. The summed E-state index contributed by atoms with van der Waals surface area (Å²) in [5, 5.41) is 11.7. The lowest BCUT2D eigenvalue weighted by atomic mass is 10.1. The Bertz CT molecular complexity index is 946. The number of aldehydes is 1. The van der Waals surface area contributed by atoms with Crippen molar-refractivity contribution in [3.63, 3.8) is 0 Å².